The lowest BCUT2D eigenvalue weighted by Gasteiger charge is -2.12. The zero-order valence-electron chi connectivity index (χ0n) is 10.1. The van der Waals surface area contributed by atoms with Gasteiger partial charge in [-0.3, -0.25) is 0 Å². The van der Waals surface area contributed by atoms with Crippen molar-refractivity contribution in [3.8, 4) is 11.5 Å². The van der Waals surface area contributed by atoms with Gasteiger partial charge in [0.2, 0.25) is 0 Å². The molecule has 3 heteroatoms. The van der Waals surface area contributed by atoms with Gasteiger partial charge in [0.1, 0.15) is 17.3 Å². The van der Waals surface area contributed by atoms with Crippen LogP contribution in [0.4, 0.5) is 4.39 Å². The molecule has 0 aliphatic rings. The third kappa shape index (κ3) is 2.91. The van der Waals surface area contributed by atoms with Gasteiger partial charge in [-0.25, -0.2) is 4.39 Å². The molecule has 0 aliphatic carbocycles. The van der Waals surface area contributed by atoms with Crippen molar-refractivity contribution in [2.45, 2.75) is 18.7 Å². The minimum absolute atomic E-state index is 0.249. The van der Waals surface area contributed by atoms with Crippen LogP contribution < -0.4 is 4.74 Å². The highest BCUT2D eigenvalue weighted by Gasteiger charge is 2.07. The van der Waals surface area contributed by atoms with Gasteiger partial charge in [-0.05, 0) is 36.2 Å². The van der Waals surface area contributed by atoms with Gasteiger partial charge in [0.15, 0.2) is 0 Å². The van der Waals surface area contributed by atoms with Crippen LogP contribution in [-0.2, 0) is 11.8 Å². The number of benzene rings is 2. The van der Waals surface area contributed by atoms with Gasteiger partial charge in [-0.15, -0.1) is 0 Å². The number of hydrogen-bond acceptors (Lipinski definition) is 1. The maximum Gasteiger partial charge on any atom is 0.131 e. The second kappa shape index (κ2) is 6.01. The summed E-state index contributed by atoms with van der Waals surface area (Å²) in [5, 5.41) is 0.564. The molecular weight excluding hydrogens is 295 g/mol. The first-order chi connectivity index (χ1) is 8.74. The molecule has 2 rings (SSSR count). The zero-order valence-corrected chi connectivity index (χ0v) is 11.7. The largest absolute Gasteiger partial charge is 0.457 e. The van der Waals surface area contributed by atoms with Crippen LogP contribution in [0.3, 0.4) is 0 Å². The summed E-state index contributed by atoms with van der Waals surface area (Å²) in [7, 11) is 0. The number of halogens is 2. The Balaban J connectivity index is 2.33. The Morgan fingerprint density at radius 3 is 2.50 bits per heavy atom. The number of alkyl halides is 1. The molecule has 2 aromatic carbocycles. The van der Waals surface area contributed by atoms with Crippen LogP contribution in [0, 0.1) is 5.82 Å². The fourth-order valence-corrected chi connectivity index (χ4v) is 2.20. The van der Waals surface area contributed by atoms with Crippen molar-refractivity contribution < 1.29 is 9.13 Å². The van der Waals surface area contributed by atoms with Gasteiger partial charge in [0, 0.05) is 10.9 Å². The summed E-state index contributed by atoms with van der Waals surface area (Å²) in [6, 6.07) is 12.5. The molecule has 0 heterocycles. The molecule has 0 atom stereocenters. The molecule has 94 valence electrons. The summed E-state index contributed by atoms with van der Waals surface area (Å²) in [6.45, 7) is 2.08. The minimum Gasteiger partial charge on any atom is -0.457 e. The summed E-state index contributed by atoms with van der Waals surface area (Å²) < 4.78 is 19.0. The predicted octanol–water partition coefficient (Wildman–Crippen LogP) is 5.08. The normalized spacial score (nSPS) is 10.4. The Kier molecular flexibility index (Phi) is 4.37. The Morgan fingerprint density at radius 2 is 1.78 bits per heavy atom. The molecular formula is C15H14BrFO. The molecule has 0 amide bonds. The standard InChI is InChI=1S/C15H14BrFO/c1-2-11-5-3-4-6-14(11)18-15-8-7-13(17)9-12(15)10-16/h3-9H,2,10H2,1H3. The van der Waals surface area contributed by atoms with Crippen LogP contribution in [0.2, 0.25) is 0 Å². The van der Waals surface area contributed by atoms with Crippen LogP contribution in [0.1, 0.15) is 18.1 Å². The van der Waals surface area contributed by atoms with Crippen LogP contribution in [0.15, 0.2) is 42.5 Å². The quantitative estimate of drug-likeness (QED) is 0.716. The molecule has 0 aliphatic heterocycles. The van der Waals surface area contributed by atoms with Crippen LogP contribution >= 0.6 is 15.9 Å². The molecule has 0 aromatic heterocycles. The van der Waals surface area contributed by atoms with E-state index in [-0.39, 0.29) is 5.82 Å². The predicted molar refractivity (Wildman–Crippen MR) is 74.9 cm³/mol. The average Bonchev–Trinajstić information content (AvgIpc) is 2.41. The molecule has 0 saturated heterocycles. The van der Waals surface area contributed by atoms with E-state index in [2.05, 4.69) is 22.9 Å². The van der Waals surface area contributed by atoms with Gasteiger partial charge in [-0.1, -0.05) is 41.1 Å². The smallest absolute Gasteiger partial charge is 0.131 e. The summed E-state index contributed by atoms with van der Waals surface area (Å²) in [4.78, 5) is 0. The highest BCUT2D eigenvalue weighted by atomic mass is 79.9. The van der Waals surface area contributed by atoms with Gasteiger partial charge in [0.25, 0.3) is 0 Å². The van der Waals surface area contributed by atoms with Crippen molar-refractivity contribution in [3.63, 3.8) is 0 Å². The summed E-state index contributed by atoms with van der Waals surface area (Å²) >= 11 is 3.34. The lowest BCUT2D eigenvalue weighted by molar-refractivity contribution is 0.470. The van der Waals surface area contributed by atoms with Crippen molar-refractivity contribution in [1.29, 1.82) is 0 Å². The van der Waals surface area contributed by atoms with Gasteiger partial charge in [-0.2, -0.15) is 0 Å². The molecule has 0 N–H and O–H groups in total. The SMILES string of the molecule is CCc1ccccc1Oc1ccc(F)cc1CBr. The molecule has 0 bridgehead atoms. The maximum atomic E-state index is 13.1. The highest BCUT2D eigenvalue weighted by molar-refractivity contribution is 9.08. The average molecular weight is 309 g/mol. The molecule has 0 radical (unpaired) electrons. The summed E-state index contributed by atoms with van der Waals surface area (Å²) in [6.07, 6.45) is 0.904. The van der Waals surface area contributed by atoms with E-state index in [1.54, 1.807) is 6.07 Å². The number of rotatable bonds is 4. The second-order valence-corrected chi connectivity index (χ2v) is 4.51. The molecule has 0 unspecified atom stereocenters. The first-order valence-electron chi connectivity index (χ1n) is 5.84. The van der Waals surface area contributed by atoms with E-state index < -0.39 is 0 Å². The molecule has 1 nitrogen and oxygen atoms in total. The van der Waals surface area contributed by atoms with Crippen molar-refractivity contribution in [3.05, 3.63) is 59.4 Å². The Hall–Kier alpha value is -1.35. The lowest BCUT2D eigenvalue weighted by atomic mass is 10.1. The number of para-hydroxylation sites is 1. The van der Waals surface area contributed by atoms with E-state index in [9.17, 15) is 4.39 Å². The van der Waals surface area contributed by atoms with Crippen molar-refractivity contribution in [2.75, 3.05) is 0 Å². The molecule has 18 heavy (non-hydrogen) atoms. The van der Waals surface area contributed by atoms with Crippen molar-refractivity contribution >= 4 is 15.9 Å². The lowest BCUT2D eigenvalue weighted by Crippen LogP contribution is -1.93. The number of ether oxygens (including phenoxy) is 1. The fraction of sp³-hybridized carbons (Fsp3) is 0.200. The topological polar surface area (TPSA) is 9.23 Å². The van der Waals surface area contributed by atoms with E-state index in [1.807, 2.05) is 24.3 Å². The van der Waals surface area contributed by atoms with E-state index in [0.29, 0.717) is 11.1 Å². The van der Waals surface area contributed by atoms with Crippen molar-refractivity contribution in [2.24, 2.45) is 0 Å². The first-order valence-corrected chi connectivity index (χ1v) is 6.97. The molecule has 2 aromatic rings. The summed E-state index contributed by atoms with van der Waals surface area (Å²) in [5.41, 5.74) is 1.95. The third-order valence-electron chi connectivity index (χ3n) is 2.74. The number of hydrogen-bond donors (Lipinski definition) is 0. The third-order valence-corrected chi connectivity index (χ3v) is 3.34. The molecule has 0 spiro atoms. The van der Waals surface area contributed by atoms with E-state index in [1.165, 1.54) is 12.1 Å². The van der Waals surface area contributed by atoms with Crippen LogP contribution in [0.25, 0.3) is 0 Å². The first kappa shape index (κ1) is 13.1. The van der Waals surface area contributed by atoms with Crippen LogP contribution in [0.5, 0.6) is 11.5 Å². The zero-order chi connectivity index (χ0) is 13.0. The Labute approximate surface area is 115 Å². The Morgan fingerprint density at radius 1 is 1.06 bits per heavy atom. The van der Waals surface area contributed by atoms with Gasteiger partial charge < -0.3 is 4.74 Å². The maximum absolute atomic E-state index is 13.1. The summed E-state index contributed by atoms with van der Waals surface area (Å²) in [5.74, 6) is 1.27. The van der Waals surface area contributed by atoms with E-state index in [0.717, 1.165) is 23.3 Å². The monoisotopic (exact) mass is 308 g/mol. The van der Waals surface area contributed by atoms with Crippen molar-refractivity contribution in [1.82, 2.24) is 0 Å². The molecule has 0 saturated carbocycles. The van der Waals surface area contributed by atoms with Gasteiger partial charge >= 0.3 is 0 Å². The highest BCUT2D eigenvalue weighted by Crippen LogP contribution is 2.30. The number of aryl methyl sites for hydroxylation is 1. The second-order valence-electron chi connectivity index (χ2n) is 3.95. The van der Waals surface area contributed by atoms with Gasteiger partial charge in [0.05, 0.1) is 0 Å². The molecule has 0 fully saturated rings. The Bertz CT molecular complexity index is 540. The minimum atomic E-state index is -0.249. The van der Waals surface area contributed by atoms with Crippen LogP contribution in [-0.4, -0.2) is 0 Å². The van der Waals surface area contributed by atoms with E-state index in [4.69, 9.17) is 4.74 Å². The van der Waals surface area contributed by atoms with E-state index >= 15 is 0 Å². The fourth-order valence-electron chi connectivity index (χ4n) is 1.77.